The smallest absolute Gasteiger partial charge is 0.308 e. The van der Waals surface area contributed by atoms with Crippen molar-refractivity contribution in [3.63, 3.8) is 0 Å². The molecule has 2 aromatic carbocycles. The lowest BCUT2D eigenvalue weighted by Gasteiger charge is -2.47. The number of piperidine rings is 1. The molecule has 202 valence electrons. The molecule has 5 rings (SSSR count). The van der Waals surface area contributed by atoms with Crippen molar-refractivity contribution in [2.24, 2.45) is 11.8 Å². The number of likely N-dealkylation sites (tertiary alicyclic amines) is 1. The molecule has 2 heterocycles. The van der Waals surface area contributed by atoms with Crippen LogP contribution in [0.15, 0.2) is 42.6 Å². The zero-order chi connectivity index (χ0) is 27.0. The number of hydrogen-bond donors (Lipinski definition) is 2. The molecule has 0 amide bonds. The molecule has 0 spiro atoms. The van der Waals surface area contributed by atoms with Gasteiger partial charge in [-0.2, -0.15) is 0 Å². The highest BCUT2D eigenvalue weighted by molar-refractivity contribution is 5.84. The summed E-state index contributed by atoms with van der Waals surface area (Å²) in [5.74, 6) is -3.50. The van der Waals surface area contributed by atoms with E-state index in [2.05, 4.69) is 9.88 Å². The van der Waals surface area contributed by atoms with Crippen LogP contribution in [0.4, 0.5) is 13.2 Å². The molecule has 9 heteroatoms. The summed E-state index contributed by atoms with van der Waals surface area (Å²) in [7, 11) is 1.51. The predicted octanol–water partition coefficient (Wildman–Crippen LogP) is 5.44. The molecule has 6 nitrogen and oxygen atoms in total. The van der Waals surface area contributed by atoms with Crippen LogP contribution in [0.5, 0.6) is 5.75 Å². The highest BCUT2D eigenvalue weighted by Gasteiger charge is 2.42. The summed E-state index contributed by atoms with van der Waals surface area (Å²) < 4.78 is 47.8. The zero-order valence-electron chi connectivity index (χ0n) is 21.1. The molecule has 2 fully saturated rings. The molecule has 3 atom stereocenters. The number of fused-ring (bicyclic) bond motifs is 1. The van der Waals surface area contributed by atoms with Crippen molar-refractivity contribution in [3.05, 3.63) is 71.2 Å². The topological polar surface area (TPSA) is 82.9 Å². The number of methoxy groups -OCH3 is 1. The molecule has 0 radical (unpaired) electrons. The summed E-state index contributed by atoms with van der Waals surface area (Å²) >= 11 is 0. The second-order valence-electron chi connectivity index (χ2n) is 10.4. The Balaban J connectivity index is 1.22. The van der Waals surface area contributed by atoms with E-state index >= 15 is 0 Å². The fourth-order valence-electron chi connectivity index (χ4n) is 6.11. The van der Waals surface area contributed by atoms with Crippen LogP contribution >= 0.6 is 0 Å². The average molecular weight is 529 g/mol. The number of carboxylic acid groups (broad SMARTS) is 1. The number of aromatic nitrogens is 1. The molecule has 1 aliphatic heterocycles. The third-order valence-corrected chi connectivity index (χ3v) is 8.37. The number of pyridine rings is 1. The van der Waals surface area contributed by atoms with Gasteiger partial charge in [0.05, 0.1) is 30.8 Å². The zero-order valence-corrected chi connectivity index (χ0v) is 21.1. The fourth-order valence-corrected chi connectivity index (χ4v) is 6.11. The maximum absolute atomic E-state index is 14.8. The summed E-state index contributed by atoms with van der Waals surface area (Å²) in [6.07, 6.45) is 2.57. The quantitative estimate of drug-likeness (QED) is 0.405. The summed E-state index contributed by atoms with van der Waals surface area (Å²) in [6, 6.07) is 9.42. The summed E-state index contributed by atoms with van der Waals surface area (Å²) in [4.78, 5) is 18.4. The van der Waals surface area contributed by atoms with Crippen molar-refractivity contribution in [1.29, 1.82) is 0 Å². The first-order chi connectivity index (χ1) is 18.3. The Bertz CT molecular complexity index is 1330. The van der Waals surface area contributed by atoms with Gasteiger partial charge in [0.1, 0.15) is 11.6 Å². The number of halogens is 3. The Morgan fingerprint density at radius 3 is 2.71 bits per heavy atom. The van der Waals surface area contributed by atoms with E-state index in [1.165, 1.54) is 13.2 Å². The lowest BCUT2D eigenvalue weighted by Crippen LogP contribution is -2.52. The van der Waals surface area contributed by atoms with Gasteiger partial charge in [-0.05, 0) is 80.3 Å². The first-order valence-corrected chi connectivity index (χ1v) is 13.0. The van der Waals surface area contributed by atoms with E-state index in [1.807, 2.05) is 0 Å². The highest BCUT2D eigenvalue weighted by atomic mass is 19.2. The van der Waals surface area contributed by atoms with E-state index in [-0.39, 0.29) is 29.9 Å². The largest absolute Gasteiger partial charge is 0.497 e. The third kappa shape index (κ3) is 5.09. The van der Waals surface area contributed by atoms with Crippen LogP contribution in [-0.4, -0.2) is 52.3 Å². The number of carbonyl (C=O) groups is 1. The van der Waals surface area contributed by atoms with Gasteiger partial charge >= 0.3 is 5.97 Å². The minimum atomic E-state index is -1.12. The summed E-state index contributed by atoms with van der Waals surface area (Å²) in [6.45, 7) is 1.06. The molecule has 3 aromatic rings. The molecule has 1 aromatic heterocycles. The SMILES string of the molecule is COc1ccc2ncc(F)c([C@@H](O)CC[C@@H]3CCN(C4CC(c5cccc(F)c5F)C4)C[C@@H]3C(=O)O)c2c1. The maximum atomic E-state index is 14.8. The van der Waals surface area contributed by atoms with Crippen molar-refractivity contribution in [2.75, 3.05) is 20.2 Å². The molecule has 1 saturated carbocycles. The molecule has 1 aliphatic carbocycles. The van der Waals surface area contributed by atoms with Gasteiger partial charge in [0, 0.05) is 23.5 Å². The van der Waals surface area contributed by atoms with E-state index in [0.29, 0.717) is 61.0 Å². The lowest BCUT2D eigenvalue weighted by atomic mass is 9.73. The Morgan fingerprint density at radius 1 is 1.18 bits per heavy atom. The van der Waals surface area contributed by atoms with E-state index in [4.69, 9.17) is 4.74 Å². The van der Waals surface area contributed by atoms with Crippen molar-refractivity contribution >= 4 is 16.9 Å². The number of aliphatic carboxylic acids is 1. The minimum absolute atomic E-state index is 0.0736. The molecule has 2 aliphatic rings. The Kier molecular flexibility index (Phi) is 7.59. The standard InChI is InChI=1S/C29H31F3N2O4/c1-38-19-6-7-25-21(13-19)27(24(31)14-33-25)26(35)8-5-16-9-10-34(15-22(16)29(36)37)18-11-17(12-18)20-3-2-4-23(30)28(20)32/h2-4,6-7,13-14,16-18,22,26,35H,5,8-12,15H2,1H3,(H,36,37)/t16-,17?,18?,22+,26+/m1/s1. The van der Waals surface area contributed by atoms with Crippen LogP contribution in [0.2, 0.25) is 0 Å². The molecule has 0 unspecified atom stereocenters. The number of ether oxygens (including phenoxy) is 1. The summed E-state index contributed by atoms with van der Waals surface area (Å²) in [5, 5.41) is 21.4. The van der Waals surface area contributed by atoms with Crippen LogP contribution < -0.4 is 4.74 Å². The van der Waals surface area contributed by atoms with Crippen molar-refractivity contribution in [3.8, 4) is 5.75 Å². The summed E-state index contributed by atoms with van der Waals surface area (Å²) in [5.41, 5.74) is 1.06. The second kappa shape index (κ2) is 10.9. The Hall–Kier alpha value is -3.17. The number of nitrogens with zero attached hydrogens (tertiary/aromatic N) is 2. The first kappa shape index (κ1) is 26.4. The van der Waals surface area contributed by atoms with E-state index in [9.17, 15) is 28.2 Å². The van der Waals surface area contributed by atoms with Crippen molar-refractivity contribution in [2.45, 2.75) is 50.2 Å². The number of aliphatic hydroxyl groups excluding tert-OH is 1. The van der Waals surface area contributed by atoms with E-state index in [0.717, 1.165) is 12.3 Å². The minimum Gasteiger partial charge on any atom is -0.497 e. The monoisotopic (exact) mass is 528 g/mol. The number of benzene rings is 2. The third-order valence-electron chi connectivity index (χ3n) is 8.37. The fraction of sp³-hybridized carbons (Fsp3) is 0.448. The number of aliphatic hydroxyl groups is 1. The molecule has 1 saturated heterocycles. The highest BCUT2D eigenvalue weighted by Crippen LogP contribution is 2.43. The first-order valence-electron chi connectivity index (χ1n) is 13.0. The van der Waals surface area contributed by atoms with E-state index < -0.39 is 35.4 Å². The van der Waals surface area contributed by atoms with Crippen LogP contribution in [-0.2, 0) is 4.79 Å². The molecule has 38 heavy (non-hydrogen) atoms. The van der Waals surface area contributed by atoms with Gasteiger partial charge in [-0.25, -0.2) is 13.2 Å². The van der Waals surface area contributed by atoms with Crippen LogP contribution in [0.25, 0.3) is 10.9 Å². The van der Waals surface area contributed by atoms with Gasteiger partial charge in [-0.1, -0.05) is 12.1 Å². The molecule has 0 bridgehead atoms. The van der Waals surface area contributed by atoms with Gasteiger partial charge in [-0.15, -0.1) is 0 Å². The number of rotatable bonds is 8. The molecular formula is C29H31F3N2O4. The van der Waals surface area contributed by atoms with Crippen LogP contribution in [0.1, 0.15) is 55.3 Å². The average Bonchev–Trinajstić information content (AvgIpc) is 2.88. The molecule has 2 N–H and O–H groups in total. The number of hydrogen-bond acceptors (Lipinski definition) is 5. The number of carboxylic acids is 1. The van der Waals surface area contributed by atoms with Crippen molar-refractivity contribution < 1.29 is 32.9 Å². The van der Waals surface area contributed by atoms with Gasteiger partial charge in [-0.3, -0.25) is 14.7 Å². The lowest BCUT2D eigenvalue weighted by molar-refractivity contribution is -0.147. The maximum Gasteiger partial charge on any atom is 0.308 e. The van der Waals surface area contributed by atoms with Gasteiger partial charge in [0.15, 0.2) is 11.6 Å². The second-order valence-corrected chi connectivity index (χ2v) is 10.4. The van der Waals surface area contributed by atoms with Gasteiger partial charge in [0.2, 0.25) is 0 Å². The normalized spacial score (nSPS) is 24.7. The van der Waals surface area contributed by atoms with Crippen LogP contribution in [0, 0.1) is 29.3 Å². The van der Waals surface area contributed by atoms with E-state index in [1.54, 1.807) is 24.3 Å². The van der Waals surface area contributed by atoms with Gasteiger partial charge < -0.3 is 14.9 Å². The van der Waals surface area contributed by atoms with Crippen LogP contribution in [0.3, 0.4) is 0 Å². The predicted molar refractivity (Wildman–Crippen MR) is 135 cm³/mol. The van der Waals surface area contributed by atoms with Gasteiger partial charge in [0.25, 0.3) is 0 Å². The van der Waals surface area contributed by atoms with Crippen molar-refractivity contribution in [1.82, 2.24) is 9.88 Å². The Morgan fingerprint density at radius 2 is 1.97 bits per heavy atom. The molecular weight excluding hydrogens is 497 g/mol. The Labute approximate surface area is 219 Å².